The monoisotopic (exact) mass is 723 g/mol. The summed E-state index contributed by atoms with van der Waals surface area (Å²) in [6, 6.07) is 0. The predicted octanol–water partition coefficient (Wildman–Crippen LogP) is 5.77. The quantitative estimate of drug-likeness (QED) is 0.206. The second-order valence-corrected chi connectivity index (χ2v) is 17.6. The molecule has 6 heterocycles. The second-order valence-electron chi connectivity index (χ2n) is 17.6. The largest absolute Gasteiger partial charge is 0.450 e. The lowest BCUT2D eigenvalue weighted by Crippen LogP contribution is -2.67. The molecule has 3 fully saturated rings. The number of allylic oxidation sites excluding steroid dienone is 2. The Kier molecular flexibility index (Phi) is 10.4. The predicted molar refractivity (Wildman–Crippen MR) is 196 cm³/mol. The molecule has 10 heteroatoms. The smallest absolute Gasteiger partial charge is 0.334 e. The van der Waals surface area contributed by atoms with E-state index in [1.807, 2.05) is 19.9 Å². The van der Waals surface area contributed by atoms with E-state index in [9.17, 15) is 25.2 Å². The molecule has 6 aliphatic heterocycles. The van der Waals surface area contributed by atoms with E-state index in [-0.39, 0.29) is 48.5 Å². The third kappa shape index (κ3) is 6.52. The lowest BCUT2D eigenvalue weighted by atomic mass is 9.56. The van der Waals surface area contributed by atoms with Gasteiger partial charge in [0, 0.05) is 48.4 Å². The Labute approximate surface area is 309 Å². The average molecular weight is 724 g/mol. The Morgan fingerprint density at radius 2 is 1.73 bits per heavy atom. The van der Waals surface area contributed by atoms with Crippen molar-refractivity contribution < 1.29 is 44.2 Å². The number of ether oxygens (including phenoxy) is 4. The van der Waals surface area contributed by atoms with Gasteiger partial charge in [-0.25, -0.2) is 4.79 Å². The number of hydrogen-bond acceptors (Lipinski definition) is 10. The number of carbonyl (C=O) groups excluding carboxylic acids is 1. The molecule has 0 saturated carbocycles. The number of nitrogens with zero attached hydrogens (tertiary/aromatic N) is 1. The number of esters is 1. The third-order valence-electron chi connectivity index (χ3n) is 14.1. The van der Waals surface area contributed by atoms with E-state index < -0.39 is 36.0 Å². The molecule has 10 nitrogen and oxygen atoms in total. The normalized spacial score (nSPS) is 46.1. The zero-order chi connectivity index (χ0) is 37.2. The Hall–Kier alpha value is -2.18. The first-order chi connectivity index (χ1) is 24.6. The van der Waals surface area contributed by atoms with Crippen LogP contribution in [0.1, 0.15) is 118 Å². The number of rotatable bonds is 2. The molecular formula is C42H61NO9. The number of cyclic esters (lactones) is 1. The Balaban J connectivity index is 1.27. The first-order valence-electron chi connectivity index (χ1n) is 19.9. The second kappa shape index (κ2) is 14.2. The molecule has 3 saturated heterocycles. The molecule has 1 aliphatic carbocycles. The van der Waals surface area contributed by atoms with E-state index in [0.29, 0.717) is 49.5 Å². The fraction of sp³-hybridized carbons (Fsp3) is 0.762. The van der Waals surface area contributed by atoms with E-state index in [1.54, 1.807) is 0 Å². The Morgan fingerprint density at radius 1 is 0.962 bits per heavy atom. The molecule has 4 N–H and O–H groups in total. The molecule has 0 aromatic rings. The van der Waals surface area contributed by atoms with Gasteiger partial charge in [0.25, 0.3) is 0 Å². The minimum Gasteiger partial charge on any atom is -0.450 e. The highest BCUT2D eigenvalue weighted by Crippen LogP contribution is 2.56. The van der Waals surface area contributed by atoms with Crippen molar-refractivity contribution in [1.29, 1.82) is 0 Å². The zero-order valence-electron chi connectivity index (χ0n) is 31.9. The highest BCUT2D eigenvalue weighted by Gasteiger charge is 2.70. The minimum atomic E-state index is -1.83. The molecule has 0 aromatic heterocycles. The molecular weight excluding hydrogens is 662 g/mol. The highest BCUT2D eigenvalue weighted by atomic mass is 16.8. The lowest BCUT2D eigenvalue weighted by Gasteiger charge is -2.50. The van der Waals surface area contributed by atoms with Crippen molar-refractivity contribution in [1.82, 2.24) is 0 Å². The van der Waals surface area contributed by atoms with Gasteiger partial charge in [0.05, 0.1) is 24.9 Å². The van der Waals surface area contributed by atoms with Crippen LogP contribution in [0.3, 0.4) is 0 Å². The van der Waals surface area contributed by atoms with Gasteiger partial charge in [0.1, 0.15) is 17.8 Å². The standard InChI is InChI=1S/C42H61NO9/c1-24-8-7-9-36-39(20-27(4)28(5)22-43-36)13-12-32(35-18-26(3)38(47)49-35)29(6)33(39)17-25(2)34(45)19-31-11-15-41(50-31)21-37(46)42(52-41)40(48,23-44)14-10-30(16-24)51-42/h17-18,27-28,30-31,33-35,37,44-46,48H,1,7-16,19-23H2,2-6H3. The summed E-state index contributed by atoms with van der Waals surface area (Å²) in [6.45, 7) is 15.3. The molecule has 7 aliphatic rings. The first-order valence-corrected chi connectivity index (χ1v) is 19.9. The van der Waals surface area contributed by atoms with Crippen LogP contribution in [0.25, 0.3) is 0 Å². The number of aliphatic imine (C=N–C) groups is 1. The molecule has 0 radical (unpaired) electrons. The summed E-state index contributed by atoms with van der Waals surface area (Å²) in [5.74, 6) is -2.44. The van der Waals surface area contributed by atoms with E-state index >= 15 is 0 Å². The van der Waals surface area contributed by atoms with E-state index in [4.69, 9.17) is 23.9 Å². The van der Waals surface area contributed by atoms with E-state index in [0.717, 1.165) is 61.8 Å². The summed E-state index contributed by atoms with van der Waals surface area (Å²) in [6.07, 6.45) is 9.08. The topological polar surface area (TPSA) is 147 Å². The van der Waals surface area contributed by atoms with Crippen LogP contribution >= 0.6 is 0 Å². The van der Waals surface area contributed by atoms with Gasteiger partial charge in [-0.2, -0.15) is 0 Å². The van der Waals surface area contributed by atoms with Crippen molar-refractivity contribution in [3.63, 3.8) is 0 Å². The average Bonchev–Trinajstić information content (AvgIpc) is 3.71. The summed E-state index contributed by atoms with van der Waals surface area (Å²) >= 11 is 0. The van der Waals surface area contributed by atoms with Crippen molar-refractivity contribution in [3.8, 4) is 0 Å². The van der Waals surface area contributed by atoms with Crippen LogP contribution in [0.5, 0.6) is 0 Å². The van der Waals surface area contributed by atoms with Crippen molar-refractivity contribution >= 4 is 11.7 Å². The van der Waals surface area contributed by atoms with E-state index in [2.05, 4.69) is 33.4 Å². The molecule has 12 atom stereocenters. The fourth-order valence-corrected chi connectivity index (χ4v) is 10.6. The van der Waals surface area contributed by atoms with Crippen molar-refractivity contribution in [3.05, 3.63) is 46.6 Å². The van der Waals surface area contributed by atoms with Crippen LogP contribution in [0.2, 0.25) is 0 Å². The van der Waals surface area contributed by atoms with Gasteiger partial charge in [-0.3, -0.25) is 4.99 Å². The van der Waals surface area contributed by atoms with Crippen LogP contribution in [0, 0.1) is 23.2 Å². The lowest BCUT2D eigenvalue weighted by molar-refractivity contribution is -0.407. The number of hydrogen-bond donors (Lipinski definition) is 4. The SMILES string of the molecule is C=C1CCCC2=NCC(C)C(C)CC23CCC(C2C=C(C)C(=O)O2)=C(C)C3C=C(C)C(O)CC2CCC3(CC(O)C4(OC(CCC4(O)CO)C1)O3)O2. The maximum Gasteiger partial charge on any atom is 0.334 e. The number of aliphatic hydroxyl groups excluding tert-OH is 3. The van der Waals surface area contributed by atoms with Crippen LogP contribution in [-0.2, 0) is 23.7 Å². The number of carbonyl (C=O) groups is 1. The van der Waals surface area contributed by atoms with Gasteiger partial charge in [-0.05, 0) is 114 Å². The molecule has 0 aromatic carbocycles. The van der Waals surface area contributed by atoms with Gasteiger partial charge in [-0.15, -0.1) is 0 Å². The molecule has 7 rings (SSSR count). The van der Waals surface area contributed by atoms with Gasteiger partial charge >= 0.3 is 5.97 Å². The molecule has 0 amide bonds. The highest BCUT2D eigenvalue weighted by molar-refractivity contribution is 5.92. The van der Waals surface area contributed by atoms with Gasteiger partial charge in [-0.1, -0.05) is 37.6 Å². The third-order valence-corrected chi connectivity index (χ3v) is 14.1. The van der Waals surface area contributed by atoms with Crippen LogP contribution in [-0.4, -0.2) is 93.0 Å². The maximum atomic E-state index is 12.5. The van der Waals surface area contributed by atoms with Crippen LogP contribution in [0.4, 0.5) is 0 Å². The molecule has 52 heavy (non-hydrogen) atoms. The maximum absolute atomic E-state index is 12.5. The molecule has 3 spiro atoms. The van der Waals surface area contributed by atoms with E-state index in [1.165, 1.54) is 11.3 Å². The zero-order valence-corrected chi connectivity index (χ0v) is 31.9. The number of fused-ring (bicyclic) bond motifs is 2. The Bertz CT molecular complexity index is 1570. The van der Waals surface area contributed by atoms with Gasteiger partial charge in [0.2, 0.25) is 5.79 Å². The molecule has 288 valence electrons. The summed E-state index contributed by atoms with van der Waals surface area (Å²) in [4.78, 5) is 17.9. The van der Waals surface area contributed by atoms with Crippen molar-refractivity contribution in [2.75, 3.05) is 13.2 Å². The number of aliphatic hydroxyl groups is 4. The summed E-state index contributed by atoms with van der Waals surface area (Å²) in [5.41, 5.74) is 4.08. The summed E-state index contributed by atoms with van der Waals surface area (Å²) in [5, 5.41) is 45.4. The molecule has 12 unspecified atom stereocenters. The van der Waals surface area contributed by atoms with Gasteiger partial charge in [0.15, 0.2) is 5.79 Å². The van der Waals surface area contributed by atoms with Gasteiger partial charge < -0.3 is 39.4 Å². The van der Waals surface area contributed by atoms with Crippen LogP contribution in [0.15, 0.2) is 51.6 Å². The minimum absolute atomic E-state index is 0.0384. The summed E-state index contributed by atoms with van der Waals surface area (Å²) < 4.78 is 25.5. The Morgan fingerprint density at radius 3 is 2.46 bits per heavy atom. The van der Waals surface area contributed by atoms with Crippen molar-refractivity contribution in [2.24, 2.45) is 28.2 Å². The fourth-order valence-electron chi connectivity index (χ4n) is 10.6. The van der Waals surface area contributed by atoms with Crippen LogP contribution < -0.4 is 0 Å². The summed E-state index contributed by atoms with van der Waals surface area (Å²) in [7, 11) is 0. The first kappa shape index (κ1) is 38.1. The molecule has 4 bridgehead atoms. The van der Waals surface area contributed by atoms with Crippen molar-refractivity contribution in [2.45, 2.75) is 166 Å².